The molecule has 160 valence electrons. The Labute approximate surface area is 189 Å². The number of pyridine rings is 2. The molecule has 2 heterocycles. The first-order valence-corrected chi connectivity index (χ1v) is 10.4. The number of nitrogens with one attached hydrogen (secondary N) is 1. The van der Waals surface area contributed by atoms with Crippen LogP contribution in [0.2, 0.25) is 5.02 Å². The summed E-state index contributed by atoms with van der Waals surface area (Å²) in [5, 5.41) is 3.59. The Kier molecular flexibility index (Phi) is 5.88. The number of carbonyl (C=O) groups is 2. The molecule has 0 fully saturated rings. The van der Waals surface area contributed by atoms with Gasteiger partial charge >= 0.3 is 0 Å². The average Bonchev–Trinajstić information content (AvgIpc) is 2.78. The van der Waals surface area contributed by atoms with Crippen LogP contribution in [-0.2, 0) is 11.3 Å². The minimum atomic E-state index is -0.441. The molecule has 6 nitrogen and oxygen atoms in total. The van der Waals surface area contributed by atoms with Gasteiger partial charge in [0.15, 0.2) is 5.78 Å². The monoisotopic (exact) mass is 445 g/mol. The molecule has 0 atom stereocenters. The molecular weight excluding hydrogens is 426 g/mol. The van der Waals surface area contributed by atoms with Crippen LogP contribution in [0.4, 0.5) is 5.69 Å². The molecule has 0 spiro atoms. The summed E-state index contributed by atoms with van der Waals surface area (Å²) in [5.74, 6) is -0.715. The Morgan fingerprint density at radius 1 is 1.03 bits per heavy atom. The van der Waals surface area contributed by atoms with Crippen molar-refractivity contribution in [2.45, 2.75) is 20.4 Å². The van der Waals surface area contributed by atoms with Gasteiger partial charge in [0, 0.05) is 40.3 Å². The Balaban J connectivity index is 1.78. The van der Waals surface area contributed by atoms with Crippen LogP contribution < -0.4 is 10.7 Å². The van der Waals surface area contributed by atoms with Gasteiger partial charge in [-0.25, -0.2) is 0 Å². The van der Waals surface area contributed by atoms with Crippen molar-refractivity contribution in [1.29, 1.82) is 0 Å². The number of carbonyl (C=O) groups excluding carboxylic acids is 2. The summed E-state index contributed by atoms with van der Waals surface area (Å²) in [6.07, 6.45) is 4.41. The van der Waals surface area contributed by atoms with Gasteiger partial charge in [-0.1, -0.05) is 29.8 Å². The van der Waals surface area contributed by atoms with Gasteiger partial charge in [-0.2, -0.15) is 0 Å². The van der Waals surface area contributed by atoms with Gasteiger partial charge in [-0.15, -0.1) is 0 Å². The summed E-state index contributed by atoms with van der Waals surface area (Å²) in [6.45, 7) is 3.76. The van der Waals surface area contributed by atoms with E-state index in [1.54, 1.807) is 28.8 Å². The number of amides is 1. The normalized spacial score (nSPS) is 10.8. The van der Waals surface area contributed by atoms with Gasteiger partial charge in [-0.05, 0) is 55.3 Å². The van der Waals surface area contributed by atoms with Crippen LogP contribution in [0.1, 0.15) is 27.0 Å². The SMILES string of the molecule is Cc1cccc(C)c1NC(=O)Cn1cc(C(=O)c2ccncc2)c(=O)c2cc(Cl)ccc21. The summed E-state index contributed by atoms with van der Waals surface area (Å²) >= 11 is 6.12. The first kappa shape index (κ1) is 21.5. The molecule has 0 unspecified atom stereocenters. The highest BCUT2D eigenvalue weighted by molar-refractivity contribution is 6.31. The van der Waals surface area contributed by atoms with Gasteiger partial charge in [-0.3, -0.25) is 19.4 Å². The number of benzene rings is 2. The second kappa shape index (κ2) is 8.77. The predicted molar refractivity (Wildman–Crippen MR) is 125 cm³/mol. The number of fused-ring (bicyclic) bond motifs is 1. The van der Waals surface area contributed by atoms with Crippen LogP contribution in [0.3, 0.4) is 0 Å². The van der Waals surface area contributed by atoms with E-state index in [0.29, 0.717) is 16.1 Å². The number of ketones is 1. The van der Waals surface area contributed by atoms with Crippen molar-refractivity contribution in [3.05, 3.63) is 105 Å². The first-order valence-electron chi connectivity index (χ1n) is 9.98. The number of hydrogen-bond donors (Lipinski definition) is 1. The number of aryl methyl sites for hydroxylation is 2. The summed E-state index contributed by atoms with van der Waals surface area (Å²) in [4.78, 5) is 43.0. The number of halogens is 1. The van der Waals surface area contributed by atoms with Crippen molar-refractivity contribution in [3.63, 3.8) is 0 Å². The third-order valence-corrected chi connectivity index (χ3v) is 5.52. The topological polar surface area (TPSA) is 81.1 Å². The number of anilines is 1. The van der Waals surface area contributed by atoms with E-state index in [1.165, 1.54) is 24.7 Å². The molecule has 0 bridgehead atoms. The Morgan fingerprint density at radius 2 is 1.72 bits per heavy atom. The van der Waals surface area contributed by atoms with E-state index in [1.807, 2.05) is 32.0 Å². The third-order valence-electron chi connectivity index (χ3n) is 5.29. The summed E-state index contributed by atoms with van der Waals surface area (Å²) in [6, 6.07) is 13.7. The van der Waals surface area contributed by atoms with Gasteiger partial charge in [0.1, 0.15) is 6.54 Å². The molecule has 2 aromatic heterocycles. The minimum Gasteiger partial charge on any atom is -0.337 e. The quantitative estimate of drug-likeness (QED) is 0.457. The molecule has 0 radical (unpaired) electrons. The minimum absolute atomic E-state index is 0.0363. The molecule has 0 saturated heterocycles. The molecule has 1 N–H and O–H groups in total. The fourth-order valence-electron chi connectivity index (χ4n) is 3.67. The lowest BCUT2D eigenvalue weighted by atomic mass is 10.0. The van der Waals surface area contributed by atoms with Gasteiger partial charge in [0.25, 0.3) is 0 Å². The number of aromatic nitrogens is 2. The zero-order valence-electron chi connectivity index (χ0n) is 17.6. The first-order chi connectivity index (χ1) is 15.3. The molecule has 0 aliphatic rings. The highest BCUT2D eigenvalue weighted by atomic mass is 35.5. The van der Waals surface area contributed by atoms with Crippen LogP contribution in [0.25, 0.3) is 10.9 Å². The lowest BCUT2D eigenvalue weighted by Gasteiger charge is -2.15. The van der Waals surface area contributed by atoms with E-state index in [4.69, 9.17) is 11.6 Å². The number of para-hydroxylation sites is 1. The molecule has 0 aliphatic carbocycles. The van der Waals surface area contributed by atoms with Crippen molar-refractivity contribution < 1.29 is 9.59 Å². The molecule has 2 aromatic carbocycles. The predicted octanol–water partition coefficient (Wildman–Crippen LogP) is 4.54. The van der Waals surface area contributed by atoms with Crippen molar-refractivity contribution in [2.24, 2.45) is 0 Å². The standard InChI is InChI=1S/C25H20ClN3O3/c1-15-4-3-5-16(2)23(15)28-22(30)14-29-13-20(24(31)17-8-10-27-11-9-17)25(32)19-12-18(26)6-7-21(19)29/h3-13H,14H2,1-2H3,(H,28,30). The van der Waals surface area contributed by atoms with Gasteiger partial charge < -0.3 is 9.88 Å². The van der Waals surface area contributed by atoms with Gasteiger partial charge in [0.05, 0.1) is 11.1 Å². The Bertz CT molecular complexity index is 1390. The van der Waals surface area contributed by atoms with Crippen LogP contribution in [0, 0.1) is 13.8 Å². The smallest absolute Gasteiger partial charge is 0.244 e. The maximum absolute atomic E-state index is 13.1. The van der Waals surface area contributed by atoms with Crippen molar-refractivity contribution in [2.75, 3.05) is 5.32 Å². The van der Waals surface area contributed by atoms with Crippen LogP contribution in [0.5, 0.6) is 0 Å². The summed E-state index contributed by atoms with van der Waals surface area (Å²) in [5.41, 5.74) is 3.03. The van der Waals surface area contributed by atoms with E-state index < -0.39 is 11.2 Å². The molecule has 32 heavy (non-hydrogen) atoms. The van der Waals surface area contributed by atoms with Crippen LogP contribution in [0.15, 0.2) is 71.9 Å². The number of hydrogen-bond acceptors (Lipinski definition) is 4. The lowest BCUT2D eigenvalue weighted by molar-refractivity contribution is -0.116. The highest BCUT2D eigenvalue weighted by Gasteiger charge is 2.19. The Hall–Kier alpha value is -3.77. The molecule has 0 aliphatic heterocycles. The molecule has 0 saturated carbocycles. The maximum Gasteiger partial charge on any atom is 0.244 e. The van der Waals surface area contributed by atoms with Crippen molar-refractivity contribution in [1.82, 2.24) is 9.55 Å². The van der Waals surface area contributed by atoms with E-state index in [9.17, 15) is 14.4 Å². The summed E-state index contributed by atoms with van der Waals surface area (Å²) < 4.78 is 1.60. The second-order valence-electron chi connectivity index (χ2n) is 7.54. The zero-order valence-corrected chi connectivity index (χ0v) is 18.3. The van der Waals surface area contributed by atoms with Crippen molar-refractivity contribution >= 4 is 39.9 Å². The van der Waals surface area contributed by atoms with Gasteiger partial charge in [0.2, 0.25) is 11.3 Å². The summed E-state index contributed by atoms with van der Waals surface area (Å²) in [7, 11) is 0. The molecule has 4 rings (SSSR count). The molecular formula is C25H20ClN3O3. The Morgan fingerprint density at radius 3 is 2.41 bits per heavy atom. The maximum atomic E-state index is 13.1. The fourth-order valence-corrected chi connectivity index (χ4v) is 3.84. The molecule has 4 aromatic rings. The molecule has 7 heteroatoms. The molecule has 1 amide bonds. The highest BCUT2D eigenvalue weighted by Crippen LogP contribution is 2.21. The van der Waals surface area contributed by atoms with Crippen molar-refractivity contribution in [3.8, 4) is 0 Å². The third kappa shape index (κ3) is 4.18. The largest absolute Gasteiger partial charge is 0.337 e. The fraction of sp³-hybridized carbons (Fsp3) is 0.120. The van der Waals surface area contributed by atoms with E-state index in [2.05, 4.69) is 10.3 Å². The van der Waals surface area contributed by atoms with Crippen LogP contribution in [-0.4, -0.2) is 21.2 Å². The number of rotatable bonds is 5. The second-order valence-corrected chi connectivity index (χ2v) is 7.98. The van der Waals surface area contributed by atoms with E-state index in [-0.39, 0.29) is 23.4 Å². The average molecular weight is 446 g/mol. The van der Waals surface area contributed by atoms with E-state index >= 15 is 0 Å². The van der Waals surface area contributed by atoms with E-state index in [0.717, 1.165) is 16.8 Å². The number of nitrogens with zero attached hydrogens (tertiary/aromatic N) is 2. The zero-order chi connectivity index (χ0) is 22.8. The van der Waals surface area contributed by atoms with Crippen LogP contribution >= 0.6 is 11.6 Å². The lowest BCUT2D eigenvalue weighted by Crippen LogP contribution is -2.24.